The van der Waals surface area contributed by atoms with Gasteiger partial charge in [-0.3, -0.25) is 10.1 Å². The molecule has 1 fully saturated rings. The standard InChI is InChI=1S/C17H16BrN3O2/c18-12-1-2-13-14(9-12)19-6-3-15(13)23-16-10-20-21-17(16)11-4-7-22-8-5-11/h1-3,6,9-11H,4-5,7-8H2,(H,20,21). The van der Waals surface area contributed by atoms with Crippen molar-refractivity contribution in [1.29, 1.82) is 0 Å². The van der Waals surface area contributed by atoms with Gasteiger partial charge in [0.05, 0.1) is 11.7 Å². The quantitative estimate of drug-likeness (QED) is 0.738. The van der Waals surface area contributed by atoms with Gasteiger partial charge in [0.1, 0.15) is 11.4 Å². The predicted molar refractivity (Wildman–Crippen MR) is 90.9 cm³/mol. The molecule has 0 atom stereocenters. The van der Waals surface area contributed by atoms with Crippen molar-refractivity contribution in [2.75, 3.05) is 13.2 Å². The Balaban J connectivity index is 1.68. The average molecular weight is 374 g/mol. The molecule has 23 heavy (non-hydrogen) atoms. The zero-order valence-corrected chi connectivity index (χ0v) is 14.0. The minimum Gasteiger partial charge on any atom is -0.453 e. The molecule has 0 spiro atoms. The smallest absolute Gasteiger partial charge is 0.168 e. The van der Waals surface area contributed by atoms with E-state index in [1.54, 1.807) is 6.20 Å². The van der Waals surface area contributed by atoms with E-state index in [4.69, 9.17) is 9.47 Å². The molecule has 0 radical (unpaired) electrons. The van der Waals surface area contributed by atoms with E-state index >= 15 is 0 Å². The maximum atomic E-state index is 6.17. The molecule has 0 aliphatic carbocycles. The second-order valence-electron chi connectivity index (χ2n) is 5.59. The van der Waals surface area contributed by atoms with Gasteiger partial charge in [-0.25, -0.2) is 0 Å². The monoisotopic (exact) mass is 373 g/mol. The van der Waals surface area contributed by atoms with Gasteiger partial charge in [-0.15, -0.1) is 0 Å². The van der Waals surface area contributed by atoms with Gasteiger partial charge >= 0.3 is 0 Å². The number of benzene rings is 1. The number of aromatic nitrogens is 3. The van der Waals surface area contributed by atoms with Gasteiger partial charge in [0.2, 0.25) is 0 Å². The van der Waals surface area contributed by atoms with E-state index in [0.717, 1.165) is 58.6 Å². The van der Waals surface area contributed by atoms with Gasteiger partial charge in [-0.2, -0.15) is 5.10 Å². The number of nitrogens with zero attached hydrogens (tertiary/aromatic N) is 2. The van der Waals surface area contributed by atoms with E-state index in [-0.39, 0.29) is 0 Å². The number of halogens is 1. The Morgan fingerprint density at radius 2 is 2.04 bits per heavy atom. The molecule has 6 heteroatoms. The SMILES string of the molecule is Brc1ccc2c(Oc3c[nH]nc3C3CCOCC3)ccnc2c1. The summed E-state index contributed by atoms with van der Waals surface area (Å²) in [7, 11) is 0. The number of nitrogens with one attached hydrogen (secondary N) is 1. The van der Waals surface area contributed by atoms with Crippen LogP contribution in [0.3, 0.4) is 0 Å². The van der Waals surface area contributed by atoms with Gasteiger partial charge in [0.15, 0.2) is 5.75 Å². The van der Waals surface area contributed by atoms with Crippen LogP contribution in [0.2, 0.25) is 0 Å². The van der Waals surface area contributed by atoms with Crippen LogP contribution in [0.25, 0.3) is 10.9 Å². The molecule has 1 aliphatic rings. The first-order valence-corrected chi connectivity index (χ1v) is 8.44. The third-order valence-electron chi connectivity index (χ3n) is 4.13. The second kappa shape index (κ2) is 6.29. The molecule has 0 saturated carbocycles. The predicted octanol–water partition coefficient (Wildman–Crippen LogP) is 4.41. The molecule has 5 nitrogen and oxygen atoms in total. The van der Waals surface area contributed by atoms with Crippen LogP contribution >= 0.6 is 15.9 Å². The number of H-pyrrole nitrogens is 1. The number of aromatic amines is 1. The number of fused-ring (bicyclic) bond motifs is 1. The Hall–Kier alpha value is -1.92. The number of hydrogen-bond acceptors (Lipinski definition) is 4. The fourth-order valence-electron chi connectivity index (χ4n) is 2.94. The molecule has 1 saturated heterocycles. The summed E-state index contributed by atoms with van der Waals surface area (Å²) in [6, 6.07) is 7.87. The largest absolute Gasteiger partial charge is 0.453 e. The fourth-order valence-corrected chi connectivity index (χ4v) is 3.29. The molecule has 1 aliphatic heterocycles. The third kappa shape index (κ3) is 2.96. The van der Waals surface area contributed by atoms with Crippen molar-refractivity contribution in [3.8, 4) is 11.5 Å². The molecule has 0 unspecified atom stereocenters. The minimum absolute atomic E-state index is 0.382. The molecule has 1 aromatic carbocycles. The zero-order chi connectivity index (χ0) is 15.6. The molecule has 3 aromatic rings. The van der Waals surface area contributed by atoms with Crippen LogP contribution in [0.4, 0.5) is 0 Å². The molecule has 0 amide bonds. The topological polar surface area (TPSA) is 60.0 Å². The molecule has 118 valence electrons. The van der Waals surface area contributed by atoms with E-state index in [0.29, 0.717) is 5.92 Å². The first-order valence-electron chi connectivity index (χ1n) is 7.65. The summed E-state index contributed by atoms with van der Waals surface area (Å²) in [5, 5.41) is 8.32. The lowest BCUT2D eigenvalue weighted by molar-refractivity contribution is 0.0841. The summed E-state index contributed by atoms with van der Waals surface area (Å²) in [6.07, 6.45) is 5.53. The number of ether oxygens (including phenoxy) is 2. The summed E-state index contributed by atoms with van der Waals surface area (Å²) in [5.41, 5.74) is 1.88. The minimum atomic E-state index is 0.382. The molecular weight excluding hydrogens is 358 g/mol. The van der Waals surface area contributed by atoms with Crippen LogP contribution < -0.4 is 4.74 Å². The van der Waals surface area contributed by atoms with Crippen LogP contribution in [0.15, 0.2) is 41.1 Å². The van der Waals surface area contributed by atoms with Crippen LogP contribution in [-0.4, -0.2) is 28.4 Å². The van der Waals surface area contributed by atoms with E-state index in [1.807, 2.05) is 30.5 Å². The van der Waals surface area contributed by atoms with Crippen molar-refractivity contribution in [3.63, 3.8) is 0 Å². The molecular formula is C17H16BrN3O2. The van der Waals surface area contributed by atoms with Crippen molar-refractivity contribution in [3.05, 3.63) is 46.8 Å². The molecule has 1 N–H and O–H groups in total. The highest BCUT2D eigenvalue weighted by molar-refractivity contribution is 9.10. The first kappa shape index (κ1) is 14.7. The van der Waals surface area contributed by atoms with Crippen molar-refractivity contribution in [2.45, 2.75) is 18.8 Å². The van der Waals surface area contributed by atoms with Crippen LogP contribution in [0.5, 0.6) is 11.5 Å². The van der Waals surface area contributed by atoms with Crippen molar-refractivity contribution in [1.82, 2.24) is 15.2 Å². The van der Waals surface area contributed by atoms with Crippen LogP contribution in [0, 0.1) is 0 Å². The number of rotatable bonds is 3. The molecule has 2 aromatic heterocycles. The Bertz CT molecular complexity index is 828. The summed E-state index contributed by atoms with van der Waals surface area (Å²) >= 11 is 3.47. The first-order chi connectivity index (χ1) is 11.3. The molecule has 3 heterocycles. The lowest BCUT2D eigenvalue weighted by atomic mass is 9.96. The fraction of sp³-hybridized carbons (Fsp3) is 0.294. The highest BCUT2D eigenvalue weighted by Gasteiger charge is 2.22. The second-order valence-corrected chi connectivity index (χ2v) is 6.51. The molecule has 0 bridgehead atoms. The Kier molecular flexibility index (Phi) is 4.01. The van der Waals surface area contributed by atoms with E-state index in [2.05, 4.69) is 31.1 Å². The summed E-state index contributed by atoms with van der Waals surface area (Å²) < 4.78 is 12.6. The van der Waals surface area contributed by atoms with Crippen LogP contribution in [-0.2, 0) is 4.74 Å². The summed E-state index contributed by atoms with van der Waals surface area (Å²) in [4.78, 5) is 4.39. The summed E-state index contributed by atoms with van der Waals surface area (Å²) in [6.45, 7) is 1.56. The molecule has 4 rings (SSSR count). The maximum Gasteiger partial charge on any atom is 0.168 e. The van der Waals surface area contributed by atoms with Gasteiger partial charge in [-0.1, -0.05) is 15.9 Å². The summed E-state index contributed by atoms with van der Waals surface area (Å²) in [5.74, 6) is 1.96. The van der Waals surface area contributed by atoms with E-state index in [9.17, 15) is 0 Å². The van der Waals surface area contributed by atoms with Gasteiger partial charge in [0.25, 0.3) is 0 Å². The highest BCUT2D eigenvalue weighted by Crippen LogP contribution is 2.36. The highest BCUT2D eigenvalue weighted by atomic mass is 79.9. The number of hydrogen-bond donors (Lipinski definition) is 1. The maximum absolute atomic E-state index is 6.17. The van der Waals surface area contributed by atoms with Gasteiger partial charge in [-0.05, 0) is 37.1 Å². The van der Waals surface area contributed by atoms with Gasteiger partial charge < -0.3 is 9.47 Å². The third-order valence-corrected chi connectivity index (χ3v) is 4.62. The lowest BCUT2D eigenvalue weighted by Gasteiger charge is -2.21. The Morgan fingerprint density at radius 1 is 1.17 bits per heavy atom. The van der Waals surface area contributed by atoms with Crippen LogP contribution in [0.1, 0.15) is 24.5 Å². The van der Waals surface area contributed by atoms with E-state index in [1.165, 1.54) is 0 Å². The number of pyridine rings is 1. The normalized spacial score (nSPS) is 15.9. The Labute approximate surface area is 142 Å². The lowest BCUT2D eigenvalue weighted by Crippen LogP contribution is -2.14. The average Bonchev–Trinajstić information content (AvgIpc) is 3.04. The van der Waals surface area contributed by atoms with E-state index < -0.39 is 0 Å². The van der Waals surface area contributed by atoms with Crippen molar-refractivity contribution < 1.29 is 9.47 Å². The van der Waals surface area contributed by atoms with Gasteiger partial charge in [0, 0.05) is 35.2 Å². The zero-order valence-electron chi connectivity index (χ0n) is 12.5. The Morgan fingerprint density at radius 3 is 2.91 bits per heavy atom. The van der Waals surface area contributed by atoms with Crippen molar-refractivity contribution in [2.24, 2.45) is 0 Å². The van der Waals surface area contributed by atoms with Crippen molar-refractivity contribution >= 4 is 26.8 Å².